The summed E-state index contributed by atoms with van der Waals surface area (Å²) >= 11 is 0. The van der Waals surface area contributed by atoms with Gasteiger partial charge in [-0.2, -0.15) is 0 Å². The number of aliphatic hydroxyl groups is 1. The maximum atomic E-state index is 12.4. The quantitative estimate of drug-likeness (QED) is 0.797. The summed E-state index contributed by atoms with van der Waals surface area (Å²) < 4.78 is 0. The van der Waals surface area contributed by atoms with Crippen LogP contribution < -0.4 is 11.1 Å². The van der Waals surface area contributed by atoms with E-state index in [1.165, 1.54) is 0 Å². The highest BCUT2D eigenvalue weighted by molar-refractivity contribution is 5.89. The Bertz CT molecular complexity index is 457. The molecule has 1 aliphatic rings. The predicted molar refractivity (Wildman–Crippen MR) is 84.1 cm³/mol. The van der Waals surface area contributed by atoms with Crippen LogP contribution in [-0.4, -0.2) is 35.2 Å². The molecule has 5 heteroatoms. The molecule has 0 spiro atoms. The molecule has 0 saturated carbocycles. The maximum absolute atomic E-state index is 12.4. The van der Waals surface area contributed by atoms with Gasteiger partial charge in [-0.15, -0.1) is 0 Å². The molecule has 0 aliphatic carbocycles. The first-order valence-corrected chi connectivity index (χ1v) is 7.66. The van der Waals surface area contributed by atoms with Gasteiger partial charge >= 0.3 is 6.03 Å². The third-order valence-corrected chi connectivity index (χ3v) is 4.04. The van der Waals surface area contributed by atoms with E-state index in [9.17, 15) is 4.79 Å². The number of carbonyl (C=O) groups is 1. The Kier molecular flexibility index (Phi) is 5.59. The lowest BCUT2D eigenvalue weighted by Crippen LogP contribution is -2.46. The molecule has 1 fully saturated rings. The Hall–Kier alpha value is -1.59. The predicted octanol–water partition coefficient (Wildman–Crippen LogP) is 2.48. The van der Waals surface area contributed by atoms with E-state index in [4.69, 9.17) is 10.8 Å². The molecule has 0 radical (unpaired) electrons. The Morgan fingerprint density at radius 2 is 2.14 bits per heavy atom. The van der Waals surface area contributed by atoms with Crippen LogP contribution in [-0.2, 0) is 0 Å². The Morgan fingerprint density at radius 3 is 2.76 bits per heavy atom. The number of likely N-dealkylation sites (tertiary alicyclic amines) is 1. The molecule has 2 amide bonds. The first-order valence-electron chi connectivity index (χ1n) is 7.66. The molecule has 2 unspecified atom stereocenters. The van der Waals surface area contributed by atoms with Crippen molar-refractivity contribution in [1.82, 2.24) is 4.90 Å². The summed E-state index contributed by atoms with van der Waals surface area (Å²) in [4.78, 5) is 14.2. The molecule has 1 saturated heterocycles. The number of nitrogens with zero attached hydrogens (tertiary/aromatic N) is 1. The molecule has 0 aromatic heterocycles. The summed E-state index contributed by atoms with van der Waals surface area (Å²) in [7, 11) is 0. The van der Waals surface area contributed by atoms with Crippen LogP contribution in [0.15, 0.2) is 24.3 Å². The van der Waals surface area contributed by atoms with Crippen molar-refractivity contribution in [3.05, 3.63) is 29.8 Å². The van der Waals surface area contributed by atoms with Crippen LogP contribution in [0.1, 0.15) is 44.2 Å². The van der Waals surface area contributed by atoms with E-state index in [1.807, 2.05) is 36.1 Å². The Labute approximate surface area is 126 Å². The fraction of sp³-hybridized carbons (Fsp3) is 0.562. The second-order valence-electron chi connectivity index (χ2n) is 5.70. The van der Waals surface area contributed by atoms with Crippen molar-refractivity contribution in [2.24, 2.45) is 5.73 Å². The summed E-state index contributed by atoms with van der Waals surface area (Å²) in [5, 5.41) is 12.1. The second kappa shape index (κ2) is 7.43. The largest absolute Gasteiger partial charge is 0.396 e. The number of carbonyl (C=O) groups excluding carboxylic acids is 1. The highest BCUT2D eigenvalue weighted by Crippen LogP contribution is 2.21. The Morgan fingerprint density at radius 1 is 1.43 bits per heavy atom. The number of amides is 2. The van der Waals surface area contributed by atoms with Crippen LogP contribution in [0.4, 0.5) is 10.5 Å². The lowest BCUT2D eigenvalue weighted by Gasteiger charge is -2.35. The van der Waals surface area contributed by atoms with E-state index in [-0.39, 0.29) is 24.7 Å². The van der Waals surface area contributed by atoms with Crippen LogP contribution in [0.25, 0.3) is 0 Å². The van der Waals surface area contributed by atoms with Crippen LogP contribution in [0.2, 0.25) is 0 Å². The van der Waals surface area contributed by atoms with Gasteiger partial charge in [0.1, 0.15) is 0 Å². The first kappa shape index (κ1) is 15.8. The topological polar surface area (TPSA) is 78.6 Å². The summed E-state index contributed by atoms with van der Waals surface area (Å²) in [6.07, 6.45) is 3.77. The van der Waals surface area contributed by atoms with Crippen molar-refractivity contribution in [2.45, 2.75) is 44.7 Å². The van der Waals surface area contributed by atoms with E-state index in [0.29, 0.717) is 6.42 Å². The van der Waals surface area contributed by atoms with Crippen molar-refractivity contribution in [2.75, 3.05) is 18.5 Å². The van der Waals surface area contributed by atoms with Gasteiger partial charge in [0.15, 0.2) is 0 Å². The molecule has 1 heterocycles. The molecule has 1 aliphatic heterocycles. The highest BCUT2D eigenvalue weighted by atomic mass is 16.3. The van der Waals surface area contributed by atoms with Crippen molar-refractivity contribution in [3.8, 4) is 0 Å². The standard InChI is InChI=1S/C16H25N3O2/c1-12(17)13-5-7-14(8-6-13)18-16(21)19-10-3-2-4-15(19)9-11-20/h5-8,12,15,20H,2-4,9-11,17H2,1H3,(H,18,21). The number of hydrogen-bond acceptors (Lipinski definition) is 3. The highest BCUT2D eigenvalue weighted by Gasteiger charge is 2.26. The van der Waals surface area contributed by atoms with Gasteiger partial charge in [-0.05, 0) is 50.3 Å². The summed E-state index contributed by atoms with van der Waals surface area (Å²) in [5.41, 5.74) is 7.64. The van der Waals surface area contributed by atoms with Gasteiger partial charge < -0.3 is 21.1 Å². The monoisotopic (exact) mass is 291 g/mol. The van der Waals surface area contributed by atoms with E-state index in [1.54, 1.807) is 0 Å². The summed E-state index contributed by atoms with van der Waals surface area (Å²) in [6, 6.07) is 7.67. The minimum absolute atomic E-state index is 0.00854. The van der Waals surface area contributed by atoms with Gasteiger partial charge in [0, 0.05) is 30.9 Å². The molecule has 1 aromatic rings. The fourth-order valence-electron chi connectivity index (χ4n) is 2.78. The molecule has 0 bridgehead atoms. The SMILES string of the molecule is CC(N)c1ccc(NC(=O)N2CCCCC2CCO)cc1. The molecule has 4 N–H and O–H groups in total. The van der Waals surface area contributed by atoms with E-state index < -0.39 is 0 Å². The fourth-order valence-corrected chi connectivity index (χ4v) is 2.78. The number of aliphatic hydroxyl groups excluding tert-OH is 1. The third-order valence-electron chi connectivity index (χ3n) is 4.04. The van der Waals surface area contributed by atoms with Crippen molar-refractivity contribution in [1.29, 1.82) is 0 Å². The van der Waals surface area contributed by atoms with Crippen LogP contribution in [0, 0.1) is 0 Å². The minimum Gasteiger partial charge on any atom is -0.396 e. The number of benzene rings is 1. The lowest BCUT2D eigenvalue weighted by molar-refractivity contribution is 0.141. The van der Waals surface area contributed by atoms with E-state index in [2.05, 4.69) is 5.32 Å². The van der Waals surface area contributed by atoms with E-state index in [0.717, 1.165) is 37.1 Å². The zero-order valence-electron chi connectivity index (χ0n) is 12.6. The molecule has 1 aromatic carbocycles. The lowest BCUT2D eigenvalue weighted by atomic mass is 10.00. The van der Waals surface area contributed by atoms with Crippen molar-refractivity contribution >= 4 is 11.7 Å². The first-order chi connectivity index (χ1) is 10.1. The average Bonchev–Trinajstić information content (AvgIpc) is 2.48. The number of piperidine rings is 1. The number of nitrogens with one attached hydrogen (secondary N) is 1. The zero-order valence-corrected chi connectivity index (χ0v) is 12.6. The molecular weight excluding hydrogens is 266 g/mol. The summed E-state index contributed by atoms with van der Waals surface area (Å²) in [5.74, 6) is 0. The average molecular weight is 291 g/mol. The normalized spacial score (nSPS) is 20.1. The van der Waals surface area contributed by atoms with Gasteiger partial charge in [-0.25, -0.2) is 4.79 Å². The van der Waals surface area contributed by atoms with Gasteiger partial charge in [0.05, 0.1) is 0 Å². The van der Waals surface area contributed by atoms with Gasteiger partial charge in [0.2, 0.25) is 0 Å². The van der Waals surface area contributed by atoms with Crippen molar-refractivity contribution < 1.29 is 9.90 Å². The second-order valence-corrected chi connectivity index (χ2v) is 5.70. The van der Waals surface area contributed by atoms with Gasteiger partial charge in [-0.3, -0.25) is 0 Å². The van der Waals surface area contributed by atoms with Crippen LogP contribution >= 0.6 is 0 Å². The number of hydrogen-bond donors (Lipinski definition) is 3. The van der Waals surface area contributed by atoms with Crippen LogP contribution in [0.5, 0.6) is 0 Å². The molecule has 5 nitrogen and oxygen atoms in total. The smallest absolute Gasteiger partial charge is 0.322 e. The van der Waals surface area contributed by atoms with E-state index >= 15 is 0 Å². The molecule has 2 atom stereocenters. The maximum Gasteiger partial charge on any atom is 0.322 e. The minimum atomic E-state index is -0.0818. The van der Waals surface area contributed by atoms with Crippen LogP contribution in [0.3, 0.4) is 0 Å². The number of rotatable bonds is 4. The van der Waals surface area contributed by atoms with Crippen molar-refractivity contribution in [3.63, 3.8) is 0 Å². The summed E-state index contributed by atoms with van der Waals surface area (Å²) in [6.45, 7) is 2.81. The molecule has 2 rings (SSSR count). The number of nitrogens with two attached hydrogens (primary N) is 1. The number of urea groups is 1. The van der Waals surface area contributed by atoms with Gasteiger partial charge in [-0.1, -0.05) is 12.1 Å². The number of anilines is 1. The molecular formula is C16H25N3O2. The third kappa shape index (κ3) is 4.19. The zero-order chi connectivity index (χ0) is 15.2. The Balaban J connectivity index is 1.99. The molecule has 116 valence electrons. The van der Waals surface area contributed by atoms with Gasteiger partial charge in [0.25, 0.3) is 0 Å². The molecule has 21 heavy (non-hydrogen) atoms.